The third-order valence-corrected chi connectivity index (χ3v) is 4.88. The number of thioether (sulfide) groups is 1. The van der Waals surface area contributed by atoms with Gasteiger partial charge < -0.3 is 15.4 Å². The van der Waals surface area contributed by atoms with E-state index in [1.54, 1.807) is 7.11 Å². The quantitative estimate of drug-likeness (QED) is 0.505. The molecule has 0 saturated carbocycles. The predicted molar refractivity (Wildman–Crippen MR) is 93.9 cm³/mol. The van der Waals surface area contributed by atoms with E-state index in [0.29, 0.717) is 25.4 Å². The van der Waals surface area contributed by atoms with Crippen LogP contribution in [0, 0.1) is 0 Å². The molecule has 1 heterocycles. The molecular formula is C15H20N4O2S2. The van der Waals surface area contributed by atoms with Gasteiger partial charge >= 0.3 is 0 Å². The molecule has 0 fully saturated rings. The van der Waals surface area contributed by atoms with Crippen LogP contribution in [0.15, 0.2) is 34.7 Å². The van der Waals surface area contributed by atoms with Crippen LogP contribution in [0.2, 0.25) is 0 Å². The van der Waals surface area contributed by atoms with E-state index in [1.165, 1.54) is 28.7 Å². The fourth-order valence-electron chi connectivity index (χ4n) is 1.74. The van der Waals surface area contributed by atoms with Gasteiger partial charge in [0.2, 0.25) is 11.0 Å². The molecule has 0 aliphatic carbocycles. The lowest BCUT2D eigenvalue weighted by Gasteiger charge is -2.03. The van der Waals surface area contributed by atoms with E-state index in [9.17, 15) is 4.79 Å². The van der Waals surface area contributed by atoms with Crippen molar-refractivity contribution in [3.05, 3.63) is 35.9 Å². The Hall–Kier alpha value is -1.64. The first kappa shape index (κ1) is 17.7. The summed E-state index contributed by atoms with van der Waals surface area (Å²) in [5.41, 5.74) is 1.19. The zero-order chi connectivity index (χ0) is 16.3. The lowest BCUT2D eigenvalue weighted by atomic mass is 10.2. The molecule has 0 saturated heterocycles. The summed E-state index contributed by atoms with van der Waals surface area (Å²) in [7, 11) is 1.65. The number of ether oxygens (including phenoxy) is 1. The van der Waals surface area contributed by atoms with Gasteiger partial charge in [-0.05, 0) is 12.0 Å². The molecule has 0 unspecified atom stereocenters. The average Bonchev–Trinajstić information content (AvgIpc) is 3.04. The molecule has 8 heteroatoms. The van der Waals surface area contributed by atoms with Gasteiger partial charge in [0.1, 0.15) is 0 Å². The Morgan fingerprint density at radius 1 is 1.30 bits per heavy atom. The topological polar surface area (TPSA) is 76.1 Å². The molecule has 0 spiro atoms. The van der Waals surface area contributed by atoms with Gasteiger partial charge in [0.25, 0.3) is 0 Å². The van der Waals surface area contributed by atoms with Crippen molar-refractivity contribution in [1.82, 2.24) is 15.5 Å². The number of amides is 1. The largest absolute Gasteiger partial charge is 0.385 e. The second-order valence-electron chi connectivity index (χ2n) is 4.70. The Bertz CT molecular complexity index is 592. The summed E-state index contributed by atoms with van der Waals surface area (Å²) < 4.78 is 5.72. The van der Waals surface area contributed by atoms with Crippen molar-refractivity contribution >= 4 is 34.1 Å². The minimum absolute atomic E-state index is 0.0000906. The van der Waals surface area contributed by atoms with Gasteiger partial charge in [-0.15, -0.1) is 10.2 Å². The molecule has 6 nitrogen and oxygen atoms in total. The van der Waals surface area contributed by atoms with Gasteiger partial charge in [0.05, 0.1) is 5.75 Å². The summed E-state index contributed by atoms with van der Waals surface area (Å²) in [6, 6.07) is 10.1. The van der Waals surface area contributed by atoms with Crippen molar-refractivity contribution in [2.45, 2.75) is 17.3 Å². The Morgan fingerprint density at radius 2 is 2.13 bits per heavy atom. The standard InChI is InChI=1S/C15H20N4O2S2/c1-21-9-5-8-16-13(20)11-22-15-19-18-14(23-15)17-10-12-6-3-2-4-7-12/h2-4,6-7H,5,8-11H2,1H3,(H,16,20)(H,17,18). The number of benzene rings is 1. The van der Waals surface area contributed by atoms with Gasteiger partial charge in [0.15, 0.2) is 4.34 Å². The number of aromatic nitrogens is 2. The highest BCUT2D eigenvalue weighted by Crippen LogP contribution is 2.25. The fraction of sp³-hybridized carbons (Fsp3) is 0.400. The predicted octanol–water partition coefficient (Wildman–Crippen LogP) is 2.40. The second kappa shape index (κ2) is 10.2. The van der Waals surface area contributed by atoms with Crippen LogP contribution in [-0.2, 0) is 16.1 Å². The molecule has 0 aliphatic rings. The highest BCUT2D eigenvalue weighted by molar-refractivity contribution is 8.01. The Kier molecular flexibility index (Phi) is 7.85. The lowest BCUT2D eigenvalue weighted by molar-refractivity contribution is -0.118. The van der Waals surface area contributed by atoms with Crippen molar-refractivity contribution in [2.75, 3.05) is 31.3 Å². The first-order valence-corrected chi connectivity index (χ1v) is 9.08. The monoisotopic (exact) mass is 352 g/mol. The number of hydrogen-bond donors (Lipinski definition) is 2. The van der Waals surface area contributed by atoms with E-state index < -0.39 is 0 Å². The number of carbonyl (C=O) groups is 1. The van der Waals surface area contributed by atoms with E-state index in [4.69, 9.17) is 4.74 Å². The number of nitrogens with zero attached hydrogens (tertiary/aromatic N) is 2. The molecule has 1 aromatic carbocycles. The van der Waals surface area contributed by atoms with Crippen molar-refractivity contribution in [3.63, 3.8) is 0 Å². The molecule has 1 amide bonds. The Balaban J connectivity index is 1.67. The fourth-order valence-corrected chi connectivity index (χ4v) is 3.31. The number of nitrogens with one attached hydrogen (secondary N) is 2. The number of anilines is 1. The molecule has 124 valence electrons. The molecule has 23 heavy (non-hydrogen) atoms. The molecule has 2 N–H and O–H groups in total. The van der Waals surface area contributed by atoms with E-state index >= 15 is 0 Å². The summed E-state index contributed by atoms with van der Waals surface area (Å²) in [4.78, 5) is 11.7. The number of rotatable bonds is 10. The smallest absolute Gasteiger partial charge is 0.230 e. The molecule has 1 aromatic heterocycles. The lowest BCUT2D eigenvalue weighted by Crippen LogP contribution is -2.26. The minimum Gasteiger partial charge on any atom is -0.385 e. The van der Waals surface area contributed by atoms with Crippen LogP contribution in [0.4, 0.5) is 5.13 Å². The normalized spacial score (nSPS) is 10.5. The maximum Gasteiger partial charge on any atom is 0.230 e. The highest BCUT2D eigenvalue weighted by atomic mass is 32.2. The first-order chi connectivity index (χ1) is 11.3. The third kappa shape index (κ3) is 6.98. The summed E-state index contributed by atoms with van der Waals surface area (Å²) in [5.74, 6) is 0.348. The van der Waals surface area contributed by atoms with Crippen molar-refractivity contribution in [2.24, 2.45) is 0 Å². The van der Waals surface area contributed by atoms with Crippen molar-refractivity contribution in [1.29, 1.82) is 0 Å². The van der Waals surface area contributed by atoms with Crippen molar-refractivity contribution in [3.8, 4) is 0 Å². The number of methoxy groups -OCH3 is 1. The van der Waals surface area contributed by atoms with Crippen LogP contribution in [0.5, 0.6) is 0 Å². The van der Waals surface area contributed by atoms with Gasteiger partial charge in [-0.1, -0.05) is 53.4 Å². The molecular weight excluding hydrogens is 332 g/mol. The summed E-state index contributed by atoms with van der Waals surface area (Å²) in [6.45, 7) is 1.99. The zero-order valence-corrected chi connectivity index (χ0v) is 14.6. The Morgan fingerprint density at radius 3 is 2.91 bits per heavy atom. The van der Waals surface area contributed by atoms with E-state index in [1.807, 2.05) is 18.2 Å². The van der Waals surface area contributed by atoms with Crippen LogP contribution >= 0.6 is 23.1 Å². The maximum absolute atomic E-state index is 11.7. The van der Waals surface area contributed by atoms with E-state index in [0.717, 1.165) is 15.9 Å². The zero-order valence-electron chi connectivity index (χ0n) is 12.9. The average molecular weight is 352 g/mol. The van der Waals surface area contributed by atoms with E-state index in [2.05, 4.69) is 33.0 Å². The SMILES string of the molecule is COCCCNC(=O)CSc1nnc(NCc2ccccc2)s1. The maximum atomic E-state index is 11.7. The molecule has 2 rings (SSSR count). The Labute approximate surface area is 144 Å². The summed E-state index contributed by atoms with van der Waals surface area (Å²) in [5, 5.41) is 15.0. The third-order valence-electron chi connectivity index (χ3n) is 2.87. The molecule has 0 bridgehead atoms. The molecule has 0 atom stereocenters. The van der Waals surface area contributed by atoms with E-state index in [-0.39, 0.29) is 5.91 Å². The highest BCUT2D eigenvalue weighted by Gasteiger charge is 2.07. The van der Waals surface area contributed by atoms with Gasteiger partial charge in [-0.25, -0.2) is 0 Å². The van der Waals surface area contributed by atoms with Crippen LogP contribution < -0.4 is 10.6 Å². The molecule has 0 radical (unpaired) electrons. The van der Waals surface area contributed by atoms with Crippen LogP contribution in [-0.4, -0.2) is 42.1 Å². The number of carbonyl (C=O) groups excluding carboxylic acids is 1. The number of hydrogen-bond acceptors (Lipinski definition) is 7. The summed E-state index contributed by atoms with van der Waals surface area (Å²) >= 11 is 2.85. The molecule has 2 aromatic rings. The minimum atomic E-state index is 0.0000906. The van der Waals surface area contributed by atoms with Crippen molar-refractivity contribution < 1.29 is 9.53 Å². The van der Waals surface area contributed by atoms with Crippen LogP contribution in [0.1, 0.15) is 12.0 Å². The molecule has 0 aliphatic heterocycles. The van der Waals surface area contributed by atoms with Gasteiger partial charge in [-0.2, -0.15) is 0 Å². The summed E-state index contributed by atoms with van der Waals surface area (Å²) in [6.07, 6.45) is 0.819. The van der Waals surface area contributed by atoms with Gasteiger partial charge in [0, 0.05) is 26.8 Å². The van der Waals surface area contributed by atoms with Crippen LogP contribution in [0.25, 0.3) is 0 Å². The first-order valence-electron chi connectivity index (χ1n) is 7.27. The second-order valence-corrected chi connectivity index (χ2v) is 6.90. The van der Waals surface area contributed by atoms with Gasteiger partial charge in [-0.3, -0.25) is 4.79 Å². The van der Waals surface area contributed by atoms with Crippen LogP contribution in [0.3, 0.4) is 0 Å².